The van der Waals surface area contributed by atoms with Crippen molar-refractivity contribution in [2.75, 3.05) is 13.2 Å². The van der Waals surface area contributed by atoms with Gasteiger partial charge in [0.15, 0.2) is 11.4 Å². The number of fused-ring (bicyclic) bond motifs is 1. The average molecular weight is 377 g/mol. The molecule has 0 aliphatic heterocycles. The number of amides is 1. The molecule has 0 atom stereocenters. The highest BCUT2D eigenvalue weighted by Crippen LogP contribution is 2.19. The van der Waals surface area contributed by atoms with Gasteiger partial charge in [-0.25, -0.2) is 4.98 Å². The van der Waals surface area contributed by atoms with Gasteiger partial charge in [0.05, 0.1) is 12.3 Å². The summed E-state index contributed by atoms with van der Waals surface area (Å²) in [6.07, 6.45) is 7.98. The second kappa shape index (κ2) is 9.22. The van der Waals surface area contributed by atoms with Crippen LogP contribution in [-0.4, -0.2) is 28.4 Å². The Labute approximate surface area is 166 Å². The summed E-state index contributed by atoms with van der Waals surface area (Å²) in [5.41, 5.74) is 4.03. The van der Waals surface area contributed by atoms with Gasteiger partial charge in [-0.3, -0.25) is 4.79 Å². The number of hydrogen-bond acceptors (Lipinski definition) is 3. The van der Waals surface area contributed by atoms with Crippen LogP contribution < -0.4 is 10.1 Å². The number of carbonyl (C=O) groups is 1. The number of ether oxygens (including phenoxy) is 1. The SMILES string of the molecule is CCOc1cccn2cc(CCNC(=O)/C=C/c3ccc(C(C)C)cc3)nc12. The standard InChI is InChI=1S/C23H27N3O2/c1-4-28-21-6-5-15-26-16-20(25-23(21)26)13-14-24-22(27)12-9-18-7-10-19(11-8-18)17(2)3/h5-12,15-17H,4,13-14H2,1-3H3,(H,24,27)/b12-9+. The second-order valence-electron chi connectivity index (χ2n) is 6.96. The lowest BCUT2D eigenvalue weighted by Crippen LogP contribution is -2.23. The van der Waals surface area contributed by atoms with Crippen LogP contribution in [-0.2, 0) is 11.2 Å². The van der Waals surface area contributed by atoms with E-state index in [4.69, 9.17) is 4.74 Å². The third-order valence-corrected chi connectivity index (χ3v) is 4.51. The molecule has 0 spiro atoms. The fraction of sp³-hybridized carbons (Fsp3) is 0.304. The number of nitrogens with zero attached hydrogens (tertiary/aromatic N) is 2. The van der Waals surface area contributed by atoms with Crippen LogP contribution >= 0.6 is 0 Å². The summed E-state index contributed by atoms with van der Waals surface area (Å²) in [5, 5.41) is 2.91. The van der Waals surface area contributed by atoms with E-state index in [1.54, 1.807) is 6.08 Å². The molecule has 5 nitrogen and oxygen atoms in total. The van der Waals surface area contributed by atoms with E-state index < -0.39 is 0 Å². The lowest BCUT2D eigenvalue weighted by molar-refractivity contribution is -0.116. The summed E-state index contributed by atoms with van der Waals surface area (Å²) in [7, 11) is 0. The number of nitrogens with one attached hydrogen (secondary N) is 1. The normalized spacial score (nSPS) is 11.4. The molecule has 0 aliphatic carbocycles. The quantitative estimate of drug-likeness (QED) is 0.598. The first-order valence-corrected chi connectivity index (χ1v) is 9.72. The van der Waals surface area contributed by atoms with Gasteiger partial charge in [-0.05, 0) is 42.2 Å². The van der Waals surface area contributed by atoms with Gasteiger partial charge >= 0.3 is 0 Å². The Hall–Kier alpha value is -3.08. The van der Waals surface area contributed by atoms with E-state index in [1.807, 2.05) is 54.1 Å². The molecule has 1 amide bonds. The fourth-order valence-corrected chi connectivity index (χ4v) is 2.96. The maximum Gasteiger partial charge on any atom is 0.244 e. The lowest BCUT2D eigenvalue weighted by Gasteiger charge is -2.04. The lowest BCUT2D eigenvalue weighted by atomic mass is 10.0. The van der Waals surface area contributed by atoms with Gasteiger partial charge < -0.3 is 14.5 Å². The molecule has 0 unspecified atom stereocenters. The van der Waals surface area contributed by atoms with Crippen LogP contribution in [0.3, 0.4) is 0 Å². The monoisotopic (exact) mass is 377 g/mol. The zero-order valence-electron chi connectivity index (χ0n) is 16.7. The molecule has 146 valence electrons. The van der Waals surface area contributed by atoms with Crippen molar-refractivity contribution in [2.45, 2.75) is 33.1 Å². The third-order valence-electron chi connectivity index (χ3n) is 4.51. The molecule has 28 heavy (non-hydrogen) atoms. The van der Waals surface area contributed by atoms with Crippen LogP contribution in [0, 0.1) is 0 Å². The van der Waals surface area contributed by atoms with Gasteiger partial charge in [0.25, 0.3) is 0 Å². The van der Waals surface area contributed by atoms with Gasteiger partial charge in [0, 0.05) is 31.4 Å². The van der Waals surface area contributed by atoms with Crippen molar-refractivity contribution in [1.29, 1.82) is 0 Å². The highest BCUT2D eigenvalue weighted by molar-refractivity contribution is 5.91. The van der Waals surface area contributed by atoms with Gasteiger partial charge in [-0.2, -0.15) is 0 Å². The van der Waals surface area contributed by atoms with Crippen LogP contribution in [0.25, 0.3) is 11.7 Å². The fourth-order valence-electron chi connectivity index (χ4n) is 2.96. The largest absolute Gasteiger partial charge is 0.490 e. The molecule has 5 heteroatoms. The van der Waals surface area contributed by atoms with Gasteiger partial charge in [-0.1, -0.05) is 38.1 Å². The topological polar surface area (TPSA) is 55.6 Å². The average Bonchev–Trinajstić information content (AvgIpc) is 3.11. The van der Waals surface area contributed by atoms with Crippen molar-refractivity contribution in [3.8, 4) is 5.75 Å². The molecule has 0 fully saturated rings. The number of pyridine rings is 1. The van der Waals surface area contributed by atoms with Gasteiger partial charge in [0.2, 0.25) is 5.91 Å². The molecular formula is C23H27N3O2. The van der Waals surface area contributed by atoms with E-state index >= 15 is 0 Å². The summed E-state index contributed by atoms with van der Waals surface area (Å²) in [6.45, 7) is 7.42. The first-order valence-electron chi connectivity index (χ1n) is 9.72. The van der Waals surface area contributed by atoms with Crippen molar-refractivity contribution in [2.24, 2.45) is 0 Å². The molecule has 0 saturated heterocycles. The van der Waals surface area contributed by atoms with Crippen LogP contribution in [0.4, 0.5) is 0 Å². The van der Waals surface area contributed by atoms with Gasteiger partial charge in [-0.15, -0.1) is 0 Å². The van der Waals surface area contributed by atoms with Gasteiger partial charge in [0.1, 0.15) is 0 Å². The number of aromatic nitrogens is 2. The molecule has 1 aromatic carbocycles. The van der Waals surface area contributed by atoms with Crippen molar-refractivity contribution < 1.29 is 9.53 Å². The Bertz CT molecular complexity index is 956. The Morgan fingerprint density at radius 3 is 2.75 bits per heavy atom. The molecule has 0 aliphatic rings. The molecular weight excluding hydrogens is 350 g/mol. The van der Waals surface area contributed by atoms with E-state index in [1.165, 1.54) is 5.56 Å². The minimum atomic E-state index is -0.105. The van der Waals surface area contributed by atoms with Crippen molar-refractivity contribution >= 4 is 17.6 Å². The van der Waals surface area contributed by atoms with E-state index in [-0.39, 0.29) is 5.91 Å². The van der Waals surface area contributed by atoms with E-state index in [0.29, 0.717) is 25.5 Å². The minimum Gasteiger partial charge on any atom is -0.490 e. The van der Waals surface area contributed by atoms with Crippen LogP contribution in [0.2, 0.25) is 0 Å². The number of hydrogen-bond donors (Lipinski definition) is 1. The molecule has 2 heterocycles. The maximum atomic E-state index is 12.0. The Morgan fingerprint density at radius 1 is 1.25 bits per heavy atom. The molecule has 1 N–H and O–H groups in total. The van der Waals surface area contributed by atoms with Crippen molar-refractivity contribution in [1.82, 2.24) is 14.7 Å². The maximum absolute atomic E-state index is 12.0. The summed E-state index contributed by atoms with van der Waals surface area (Å²) in [6, 6.07) is 12.1. The number of rotatable bonds is 8. The van der Waals surface area contributed by atoms with E-state index in [9.17, 15) is 4.79 Å². The first kappa shape index (κ1) is 19.7. The second-order valence-corrected chi connectivity index (χ2v) is 6.96. The predicted molar refractivity (Wildman–Crippen MR) is 113 cm³/mol. The van der Waals surface area contributed by atoms with Crippen LogP contribution in [0.5, 0.6) is 5.75 Å². The molecule has 3 aromatic rings. The molecule has 3 rings (SSSR count). The minimum absolute atomic E-state index is 0.105. The summed E-state index contributed by atoms with van der Waals surface area (Å²) in [4.78, 5) is 16.7. The first-order chi connectivity index (χ1) is 13.6. The highest BCUT2D eigenvalue weighted by Gasteiger charge is 2.07. The Kier molecular flexibility index (Phi) is 6.48. The Balaban J connectivity index is 1.52. The zero-order chi connectivity index (χ0) is 19.9. The molecule has 0 radical (unpaired) electrons. The van der Waals surface area contributed by atoms with Crippen LogP contribution in [0.1, 0.15) is 43.5 Å². The third kappa shape index (κ3) is 5.00. The van der Waals surface area contributed by atoms with E-state index in [2.05, 4.69) is 36.3 Å². The Morgan fingerprint density at radius 2 is 2.04 bits per heavy atom. The van der Waals surface area contributed by atoms with Crippen LogP contribution in [0.15, 0.2) is 54.9 Å². The number of carbonyl (C=O) groups excluding carboxylic acids is 1. The van der Waals surface area contributed by atoms with Crippen molar-refractivity contribution in [3.05, 3.63) is 71.7 Å². The smallest absolute Gasteiger partial charge is 0.244 e. The number of imidazole rings is 1. The summed E-state index contributed by atoms with van der Waals surface area (Å²) < 4.78 is 7.55. The van der Waals surface area contributed by atoms with E-state index in [0.717, 1.165) is 22.7 Å². The molecule has 0 saturated carbocycles. The molecule has 2 aromatic heterocycles. The van der Waals surface area contributed by atoms with Crippen molar-refractivity contribution in [3.63, 3.8) is 0 Å². The summed E-state index contributed by atoms with van der Waals surface area (Å²) >= 11 is 0. The number of benzene rings is 1. The summed E-state index contributed by atoms with van der Waals surface area (Å²) in [5.74, 6) is 1.17. The molecule has 0 bridgehead atoms. The highest BCUT2D eigenvalue weighted by atomic mass is 16.5. The predicted octanol–water partition coefficient (Wildman–Crippen LogP) is 4.23. The zero-order valence-corrected chi connectivity index (χ0v) is 16.7.